The Hall–Kier alpha value is -0.540. The number of halogens is 2. The quantitative estimate of drug-likeness (QED) is 0.324. The SMILES string of the molecule is CCNC(F)(CS)C(=O)N[C@](F)(CCS)C(=O)NC. The van der Waals surface area contributed by atoms with E-state index < -0.39 is 29.2 Å². The molecule has 0 bridgehead atoms. The summed E-state index contributed by atoms with van der Waals surface area (Å²) in [6.07, 6.45) is -0.379. The highest BCUT2D eigenvalue weighted by Gasteiger charge is 2.45. The van der Waals surface area contributed by atoms with Crippen LogP contribution in [0.4, 0.5) is 8.78 Å². The second-order valence-electron chi connectivity index (χ2n) is 3.80. The predicted molar refractivity (Wildman–Crippen MR) is 75.9 cm³/mol. The van der Waals surface area contributed by atoms with Gasteiger partial charge in [0.25, 0.3) is 17.6 Å². The van der Waals surface area contributed by atoms with Crippen molar-refractivity contribution in [3.8, 4) is 0 Å². The van der Waals surface area contributed by atoms with E-state index in [1.807, 2.05) is 0 Å². The number of nitrogens with one attached hydrogen (secondary N) is 3. The van der Waals surface area contributed by atoms with Crippen molar-refractivity contribution < 1.29 is 18.4 Å². The molecule has 0 aromatic carbocycles. The van der Waals surface area contributed by atoms with Crippen LogP contribution in [0.2, 0.25) is 0 Å². The summed E-state index contributed by atoms with van der Waals surface area (Å²) >= 11 is 7.53. The second-order valence-corrected chi connectivity index (χ2v) is 4.56. The van der Waals surface area contributed by atoms with E-state index >= 15 is 0 Å². The van der Waals surface area contributed by atoms with Crippen molar-refractivity contribution in [3.05, 3.63) is 0 Å². The van der Waals surface area contributed by atoms with Crippen LogP contribution in [0.15, 0.2) is 0 Å². The van der Waals surface area contributed by atoms with Crippen LogP contribution in [-0.2, 0) is 9.59 Å². The molecule has 1 unspecified atom stereocenters. The van der Waals surface area contributed by atoms with Gasteiger partial charge >= 0.3 is 0 Å². The smallest absolute Gasteiger partial charge is 0.278 e. The van der Waals surface area contributed by atoms with E-state index in [-0.39, 0.29) is 18.7 Å². The van der Waals surface area contributed by atoms with Crippen molar-refractivity contribution in [1.82, 2.24) is 16.0 Å². The Labute approximate surface area is 122 Å². The minimum absolute atomic E-state index is 0.00552. The first kappa shape index (κ1) is 18.5. The van der Waals surface area contributed by atoms with Gasteiger partial charge in [0, 0.05) is 19.2 Å². The van der Waals surface area contributed by atoms with Gasteiger partial charge in [-0.2, -0.15) is 25.3 Å². The van der Waals surface area contributed by atoms with Gasteiger partial charge in [0.1, 0.15) is 0 Å². The van der Waals surface area contributed by atoms with Crippen molar-refractivity contribution in [2.75, 3.05) is 25.1 Å². The Balaban J connectivity index is 5.04. The van der Waals surface area contributed by atoms with Gasteiger partial charge < -0.3 is 10.6 Å². The number of alkyl halides is 2. The van der Waals surface area contributed by atoms with Crippen molar-refractivity contribution in [1.29, 1.82) is 0 Å². The molecule has 0 radical (unpaired) electrons. The zero-order valence-corrected chi connectivity index (χ0v) is 12.6. The van der Waals surface area contributed by atoms with Crippen molar-refractivity contribution in [2.45, 2.75) is 24.9 Å². The molecule has 0 saturated carbocycles. The fraction of sp³-hybridized carbons (Fsp3) is 0.800. The van der Waals surface area contributed by atoms with E-state index in [9.17, 15) is 18.4 Å². The number of amides is 2. The summed E-state index contributed by atoms with van der Waals surface area (Å²) in [7, 11) is 1.22. The van der Waals surface area contributed by atoms with Crippen LogP contribution >= 0.6 is 25.3 Å². The van der Waals surface area contributed by atoms with Crippen LogP contribution in [-0.4, -0.2) is 48.5 Å². The number of likely N-dealkylation sites (N-methyl/N-ethyl adjacent to an activating group) is 2. The second kappa shape index (κ2) is 7.91. The molecule has 0 fully saturated rings. The maximum atomic E-state index is 14.3. The van der Waals surface area contributed by atoms with Gasteiger partial charge in [-0.3, -0.25) is 14.9 Å². The first-order valence-electron chi connectivity index (χ1n) is 5.69. The molecule has 0 aliphatic rings. The van der Waals surface area contributed by atoms with Gasteiger partial charge in [-0.05, 0) is 12.3 Å². The molecule has 2 amide bonds. The molecule has 0 aliphatic carbocycles. The first-order valence-corrected chi connectivity index (χ1v) is 6.95. The fourth-order valence-corrected chi connectivity index (χ4v) is 1.92. The van der Waals surface area contributed by atoms with Crippen molar-refractivity contribution in [3.63, 3.8) is 0 Å². The van der Waals surface area contributed by atoms with Gasteiger partial charge in [0.15, 0.2) is 0 Å². The average molecular weight is 315 g/mol. The van der Waals surface area contributed by atoms with E-state index in [1.165, 1.54) is 7.05 Å². The van der Waals surface area contributed by atoms with Crippen LogP contribution in [0.5, 0.6) is 0 Å². The molecule has 3 N–H and O–H groups in total. The average Bonchev–Trinajstić information content (AvgIpc) is 2.37. The monoisotopic (exact) mass is 315 g/mol. The highest BCUT2D eigenvalue weighted by Crippen LogP contribution is 2.18. The highest BCUT2D eigenvalue weighted by molar-refractivity contribution is 7.80. The Bertz CT molecular complexity index is 336. The summed E-state index contributed by atoms with van der Waals surface area (Å²) in [6, 6.07) is 0. The summed E-state index contributed by atoms with van der Waals surface area (Å²) in [5.74, 6) is -8.07. The van der Waals surface area contributed by atoms with Gasteiger partial charge in [0.2, 0.25) is 5.79 Å². The van der Waals surface area contributed by atoms with Crippen molar-refractivity contribution in [2.24, 2.45) is 0 Å². The molecule has 0 spiro atoms. The molecule has 0 aromatic heterocycles. The van der Waals surface area contributed by atoms with E-state index in [4.69, 9.17) is 0 Å². The Kier molecular flexibility index (Phi) is 7.68. The molecular formula is C10H19F2N3O2S2. The zero-order valence-electron chi connectivity index (χ0n) is 10.8. The van der Waals surface area contributed by atoms with Gasteiger partial charge in [-0.1, -0.05) is 6.92 Å². The van der Waals surface area contributed by atoms with Crippen LogP contribution in [0.3, 0.4) is 0 Å². The van der Waals surface area contributed by atoms with Crippen molar-refractivity contribution >= 4 is 37.1 Å². The Morgan fingerprint density at radius 1 is 1.16 bits per heavy atom. The van der Waals surface area contributed by atoms with Gasteiger partial charge in [-0.15, -0.1) is 0 Å². The predicted octanol–water partition coefficient (Wildman–Crippen LogP) is 0.0394. The molecule has 0 rings (SSSR count). The van der Waals surface area contributed by atoms with Crippen LogP contribution in [0.25, 0.3) is 0 Å². The molecule has 19 heavy (non-hydrogen) atoms. The fourth-order valence-electron chi connectivity index (χ4n) is 1.35. The summed E-state index contributed by atoms with van der Waals surface area (Å²) in [4.78, 5) is 23.2. The molecule has 2 atom stereocenters. The van der Waals surface area contributed by atoms with E-state index in [0.717, 1.165) is 0 Å². The summed E-state index contributed by atoms with van der Waals surface area (Å²) in [5, 5.41) is 6.10. The number of carbonyl (C=O) groups excluding carboxylic acids is 2. The lowest BCUT2D eigenvalue weighted by Crippen LogP contribution is -2.63. The summed E-state index contributed by atoms with van der Waals surface area (Å²) in [6.45, 7) is 1.73. The normalized spacial score (nSPS) is 17.2. The summed E-state index contributed by atoms with van der Waals surface area (Å²) in [5.41, 5.74) is 0. The first-order chi connectivity index (χ1) is 8.79. The minimum atomic E-state index is -2.71. The maximum absolute atomic E-state index is 14.3. The van der Waals surface area contributed by atoms with Crippen LogP contribution in [0, 0.1) is 0 Å². The molecule has 0 heterocycles. The molecule has 5 nitrogen and oxygen atoms in total. The third kappa shape index (κ3) is 4.81. The standard InChI is InChI=1S/C10H19F2N3O2S2/c1-3-14-10(12,6-19)8(17)15-9(11,4-5-18)7(16)13-2/h14,18-19H,3-6H2,1-2H3,(H,13,16)(H,15,17)/t9-,10?/m1/s1. The van der Waals surface area contributed by atoms with Gasteiger partial charge in [-0.25, -0.2) is 8.78 Å². The lowest BCUT2D eigenvalue weighted by molar-refractivity contribution is -0.147. The number of hydrogen-bond donors (Lipinski definition) is 5. The topological polar surface area (TPSA) is 70.2 Å². The molecule has 0 aromatic rings. The Morgan fingerprint density at radius 2 is 1.74 bits per heavy atom. The number of hydrogen-bond acceptors (Lipinski definition) is 5. The number of carbonyl (C=O) groups is 2. The lowest BCUT2D eigenvalue weighted by Gasteiger charge is -2.29. The third-order valence-electron chi connectivity index (χ3n) is 2.39. The van der Waals surface area contributed by atoms with E-state index in [2.05, 4.69) is 35.9 Å². The molecule has 0 aliphatic heterocycles. The van der Waals surface area contributed by atoms with E-state index in [0.29, 0.717) is 0 Å². The molecule has 9 heteroatoms. The number of thiol groups is 2. The highest BCUT2D eigenvalue weighted by atomic mass is 32.1. The zero-order chi connectivity index (χ0) is 15.1. The van der Waals surface area contributed by atoms with Gasteiger partial charge in [0.05, 0.1) is 0 Å². The number of rotatable bonds is 8. The Morgan fingerprint density at radius 3 is 2.11 bits per heavy atom. The minimum Gasteiger partial charge on any atom is -0.355 e. The molecule has 112 valence electrons. The maximum Gasteiger partial charge on any atom is 0.278 e. The summed E-state index contributed by atoms with van der Waals surface area (Å²) < 4.78 is 28.5. The molecular weight excluding hydrogens is 296 g/mol. The largest absolute Gasteiger partial charge is 0.355 e. The van der Waals surface area contributed by atoms with E-state index in [1.54, 1.807) is 12.2 Å². The van der Waals surface area contributed by atoms with Crippen LogP contribution in [0.1, 0.15) is 13.3 Å². The third-order valence-corrected chi connectivity index (χ3v) is 3.05. The van der Waals surface area contributed by atoms with Crippen LogP contribution < -0.4 is 16.0 Å². The lowest BCUT2D eigenvalue weighted by atomic mass is 10.1. The molecule has 0 saturated heterocycles.